The molecule has 1 aromatic rings. The maximum atomic E-state index is 3.26. The van der Waals surface area contributed by atoms with Gasteiger partial charge in [0, 0.05) is 12.2 Å². The molecule has 0 spiro atoms. The number of hydrogen-bond donors (Lipinski definition) is 2. The van der Waals surface area contributed by atoms with Gasteiger partial charge in [0.05, 0.1) is 0 Å². The molecule has 2 heteroatoms. The minimum Gasteiger partial charge on any atom is -0.325 e. The fourth-order valence-corrected chi connectivity index (χ4v) is 1.98. The van der Waals surface area contributed by atoms with E-state index in [4.69, 9.17) is 0 Å². The van der Waals surface area contributed by atoms with Crippen molar-refractivity contribution in [1.82, 2.24) is 10.9 Å². The minimum atomic E-state index is 0.568. The summed E-state index contributed by atoms with van der Waals surface area (Å²) in [5.74, 6) is 0.568. The highest BCUT2D eigenvalue weighted by molar-refractivity contribution is 5.28. The van der Waals surface area contributed by atoms with Crippen LogP contribution in [0.25, 0.3) is 0 Å². The largest absolute Gasteiger partial charge is 0.325 e. The van der Waals surface area contributed by atoms with Crippen molar-refractivity contribution in [1.29, 1.82) is 0 Å². The molecule has 15 heavy (non-hydrogen) atoms. The first-order valence-electron chi connectivity index (χ1n) is 5.52. The zero-order chi connectivity index (χ0) is 10.7. The number of nitrogens with one attached hydrogen (secondary N) is 2. The van der Waals surface area contributed by atoms with Crippen LogP contribution in [0.2, 0.25) is 0 Å². The lowest BCUT2D eigenvalue weighted by molar-refractivity contribution is 0.618. The molecule has 0 saturated heterocycles. The second kappa shape index (κ2) is 4.49. The van der Waals surface area contributed by atoms with Crippen LogP contribution in [0.3, 0.4) is 0 Å². The minimum absolute atomic E-state index is 0.568. The van der Waals surface area contributed by atoms with Crippen LogP contribution in [0.5, 0.6) is 0 Å². The van der Waals surface area contributed by atoms with Gasteiger partial charge in [0.15, 0.2) is 0 Å². The summed E-state index contributed by atoms with van der Waals surface area (Å²) in [6, 6.07) is 10.6. The quantitative estimate of drug-likeness (QED) is 0.785. The van der Waals surface area contributed by atoms with Gasteiger partial charge in [0.25, 0.3) is 0 Å². The van der Waals surface area contributed by atoms with E-state index in [2.05, 4.69) is 55.0 Å². The lowest BCUT2D eigenvalue weighted by Gasteiger charge is -2.10. The van der Waals surface area contributed by atoms with E-state index in [1.807, 2.05) is 0 Å². The molecule has 0 amide bonds. The Morgan fingerprint density at radius 1 is 1.20 bits per heavy atom. The first-order valence-corrected chi connectivity index (χ1v) is 5.52. The predicted octanol–water partition coefficient (Wildman–Crippen LogP) is 2.25. The lowest BCUT2D eigenvalue weighted by Crippen LogP contribution is -2.25. The molecule has 2 nitrogen and oxygen atoms in total. The number of rotatable bonds is 3. The Hall–Kier alpha value is -1.28. The van der Waals surface area contributed by atoms with Crippen LogP contribution >= 0.6 is 0 Å². The van der Waals surface area contributed by atoms with Gasteiger partial charge < -0.3 is 5.43 Å². The molecule has 1 aliphatic rings. The van der Waals surface area contributed by atoms with E-state index in [0.29, 0.717) is 5.92 Å². The molecule has 1 aliphatic heterocycles. The van der Waals surface area contributed by atoms with Gasteiger partial charge in [-0.25, -0.2) is 5.43 Å². The summed E-state index contributed by atoms with van der Waals surface area (Å²) in [4.78, 5) is 0. The van der Waals surface area contributed by atoms with Crippen molar-refractivity contribution < 1.29 is 0 Å². The molecule has 0 atom stereocenters. The number of benzene rings is 1. The van der Waals surface area contributed by atoms with Crippen LogP contribution in [0, 0.1) is 5.92 Å². The molecular formula is C13H18N2. The summed E-state index contributed by atoms with van der Waals surface area (Å²) in [5.41, 5.74) is 10.7. The Morgan fingerprint density at radius 2 is 1.93 bits per heavy atom. The van der Waals surface area contributed by atoms with Gasteiger partial charge in [-0.05, 0) is 23.5 Å². The summed E-state index contributed by atoms with van der Waals surface area (Å²) in [7, 11) is 0. The van der Waals surface area contributed by atoms with Crippen LogP contribution in [0.4, 0.5) is 0 Å². The Morgan fingerprint density at radius 3 is 2.60 bits per heavy atom. The Bertz CT molecular complexity index is 352. The summed E-state index contributed by atoms with van der Waals surface area (Å²) in [6.45, 7) is 5.41. The Kier molecular flexibility index (Phi) is 3.07. The highest BCUT2D eigenvalue weighted by Crippen LogP contribution is 2.18. The van der Waals surface area contributed by atoms with Crippen molar-refractivity contribution in [2.24, 2.45) is 5.92 Å². The number of hydrogen-bond acceptors (Lipinski definition) is 2. The van der Waals surface area contributed by atoms with Gasteiger partial charge in [-0.2, -0.15) is 0 Å². The summed E-state index contributed by atoms with van der Waals surface area (Å²) in [6.07, 6.45) is 1.05. The molecule has 0 bridgehead atoms. The third-order valence-corrected chi connectivity index (χ3v) is 2.74. The van der Waals surface area contributed by atoms with Crippen molar-refractivity contribution in [2.45, 2.75) is 20.3 Å². The third kappa shape index (κ3) is 2.39. The summed E-state index contributed by atoms with van der Waals surface area (Å²) in [5, 5.41) is 0. The molecule has 0 aromatic heterocycles. The van der Waals surface area contributed by atoms with Gasteiger partial charge >= 0.3 is 0 Å². The summed E-state index contributed by atoms with van der Waals surface area (Å²) < 4.78 is 0. The average Bonchev–Trinajstić information content (AvgIpc) is 2.67. The SMILES string of the molecule is CC(C)C1=C(Cc2ccccc2)CNN1. The smallest absolute Gasteiger partial charge is 0.0381 e. The van der Waals surface area contributed by atoms with E-state index in [1.165, 1.54) is 16.8 Å². The van der Waals surface area contributed by atoms with Gasteiger partial charge in [0.2, 0.25) is 0 Å². The number of hydrazine groups is 1. The van der Waals surface area contributed by atoms with E-state index >= 15 is 0 Å². The van der Waals surface area contributed by atoms with E-state index in [0.717, 1.165) is 13.0 Å². The monoisotopic (exact) mass is 202 g/mol. The first kappa shape index (κ1) is 10.2. The third-order valence-electron chi connectivity index (χ3n) is 2.74. The van der Waals surface area contributed by atoms with E-state index in [-0.39, 0.29) is 0 Å². The fourth-order valence-electron chi connectivity index (χ4n) is 1.98. The van der Waals surface area contributed by atoms with Crippen molar-refractivity contribution in [3.8, 4) is 0 Å². The highest BCUT2D eigenvalue weighted by atomic mass is 15.4. The first-order chi connectivity index (χ1) is 7.27. The van der Waals surface area contributed by atoms with Crippen molar-refractivity contribution >= 4 is 0 Å². The van der Waals surface area contributed by atoms with Crippen LogP contribution in [0.15, 0.2) is 41.6 Å². The molecule has 2 N–H and O–H groups in total. The normalized spacial score (nSPS) is 15.9. The maximum Gasteiger partial charge on any atom is 0.0381 e. The molecule has 0 aliphatic carbocycles. The van der Waals surface area contributed by atoms with Crippen molar-refractivity contribution in [3.63, 3.8) is 0 Å². The lowest BCUT2D eigenvalue weighted by atomic mass is 9.99. The molecule has 0 saturated carbocycles. The van der Waals surface area contributed by atoms with E-state index in [1.54, 1.807) is 0 Å². The average molecular weight is 202 g/mol. The number of allylic oxidation sites excluding steroid dienone is 1. The Balaban J connectivity index is 2.15. The predicted molar refractivity (Wildman–Crippen MR) is 63.1 cm³/mol. The molecule has 1 aromatic carbocycles. The summed E-state index contributed by atoms with van der Waals surface area (Å²) >= 11 is 0. The van der Waals surface area contributed by atoms with Crippen LogP contribution in [0.1, 0.15) is 19.4 Å². The standard InChI is InChI=1S/C13H18N2/c1-10(2)13-12(9-14-15-13)8-11-6-4-3-5-7-11/h3-7,10,14-15H,8-9H2,1-2H3. The molecule has 2 rings (SSSR count). The maximum absolute atomic E-state index is 3.26. The van der Waals surface area contributed by atoms with Crippen molar-refractivity contribution in [3.05, 3.63) is 47.2 Å². The van der Waals surface area contributed by atoms with Gasteiger partial charge in [-0.15, -0.1) is 0 Å². The van der Waals surface area contributed by atoms with Gasteiger partial charge in [-0.3, -0.25) is 0 Å². The molecular weight excluding hydrogens is 184 g/mol. The molecule has 80 valence electrons. The molecule has 0 fully saturated rings. The molecule has 0 unspecified atom stereocenters. The van der Waals surface area contributed by atoms with Crippen LogP contribution in [-0.2, 0) is 6.42 Å². The second-order valence-corrected chi connectivity index (χ2v) is 4.31. The topological polar surface area (TPSA) is 24.1 Å². The highest BCUT2D eigenvalue weighted by Gasteiger charge is 2.16. The fraction of sp³-hybridized carbons (Fsp3) is 0.385. The van der Waals surface area contributed by atoms with E-state index < -0.39 is 0 Å². The Labute approximate surface area is 91.4 Å². The second-order valence-electron chi connectivity index (χ2n) is 4.31. The zero-order valence-corrected chi connectivity index (χ0v) is 9.38. The van der Waals surface area contributed by atoms with Crippen LogP contribution in [-0.4, -0.2) is 6.54 Å². The van der Waals surface area contributed by atoms with Gasteiger partial charge in [0.1, 0.15) is 0 Å². The molecule has 1 heterocycles. The molecule has 0 radical (unpaired) electrons. The van der Waals surface area contributed by atoms with Crippen LogP contribution < -0.4 is 10.9 Å². The van der Waals surface area contributed by atoms with E-state index in [9.17, 15) is 0 Å². The zero-order valence-electron chi connectivity index (χ0n) is 9.38. The van der Waals surface area contributed by atoms with Gasteiger partial charge in [-0.1, -0.05) is 44.2 Å². The van der Waals surface area contributed by atoms with Crippen molar-refractivity contribution in [2.75, 3.05) is 6.54 Å².